The maximum atomic E-state index is 4.32. The van der Waals surface area contributed by atoms with Gasteiger partial charge in [0.25, 0.3) is 0 Å². The second kappa shape index (κ2) is 14.8. The molecule has 0 fully saturated rings. The van der Waals surface area contributed by atoms with Gasteiger partial charge in [-0.25, -0.2) is 0 Å². The fourth-order valence-electron chi connectivity index (χ4n) is 8.60. The van der Waals surface area contributed by atoms with Gasteiger partial charge in [0, 0.05) is 55.6 Å². The summed E-state index contributed by atoms with van der Waals surface area (Å²) in [5, 5.41) is 4.80. The summed E-state index contributed by atoms with van der Waals surface area (Å²) in [6.45, 7) is 6.37. The van der Waals surface area contributed by atoms with Crippen molar-refractivity contribution in [3.63, 3.8) is 0 Å². The van der Waals surface area contributed by atoms with Crippen LogP contribution in [0.4, 0.5) is 17.1 Å². The summed E-state index contributed by atoms with van der Waals surface area (Å²) < 4.78 is 4.79. The Balaban J connectivity index is 1.32. The number of rotatable bonds is 9. The van der Waals surface area contributed by atoms with Gasteiger partial charge in [0.2, 0.25) is 0 Å². The van der Waals surface area contributed by atoms with Crippen molar-refractivity contribution in [1.29, 1.82) is 0 Å². The molecule has 10 rings (SSSR count). The van der Waals surface area contributed by atoms with E-state index in [2.05, 4.69) is 233 Å². The number of nitrogens with zero attached hydrogens (tertiary/aromatic N) is 3. The van der Waals surface area contributed by atoms with Gasteiger partial charge < -0.3 is 14.0 Å². The van der Waals surface area contributed by atoms with Crippen LogP contribution in [-0.4, -0.2) is 9.13 Å². The minimum absolute atomic E-state index is 1.01. The SMILES string of the molecule is C=C/C(=C\C=C/C)n1c2ccccc2c2cc(N(c3ccccc3)c3cccc(-c4ccccc4)c3)cc(-c3ccc4c5ccccc5n(-c5ccccc5)c4c3)c21. The number of allylic oxidation sites excluding steroid dienone is 5. The van der Waals surface area contributed by atoms with E-state index in [1.807, 2.05) is 13.0 Å². The highest BCUT2D eigenvalue weighted by molar-refractivity contribution is 6.17. The molecular formula is C55H41N3. The Hall–Kier alpha value is -7.62. The van der Waals surface area contributed by atoms with Gasteiger partial charge in [0.15, 0.2) is 0 Å². The number of para-hydroxylation sites is 4. The van der Waals surface area contributed by atoms with Crippen molar-refractivity contribution in [3.8, 4) is 27.9 Å². The van der Waals surface area contributed by atoms with Gasteiger partial charge in [0.05, 0.1) is 22.1 Å². The number of hydrogen-bond donors (Lipinski definition) is 0. The fourth-order valence-corrected chi connectivity index (χ4v) is 8.60. The van der Waals surface area contributed by atoms with Crippen LogP contribution in [0.2, 0.25) is 0 Å². The maximum absolute atomic E-state index is 4.32. The van der Waals surface area contributed by atoms with E-state index in [1.165, 1.54) is 38.2 Å². The van der Waals surface area contributed by atoms with Crippen LogP contribution < -0.4 is 4.90 Å². The number of benzene rings is 8. The van der Waals surface area contributed by atoms with E-state index >= 15 is 0 Å². The lowest BCUT2D eigenvalue weighted by Gasteiger charge is -2.27. The zero-order valence-electron chi connectivity index (χ0n) is 32.3. The molecule has 0 unspecified atom stereocenters. The van der Waals surface area contributed by atoms with Crippen molar-refractivity contribution < 1.29 is 0 Å². The zero-order chi connectivity index (χ0) is 39.0. The molecule has 3 nitrogen and oxygen atoms in total. The highest BCUT2D eigenvalue weighted by Gasteiger charge is 2.23. The fraction of sp³-hybridized carbons (Fsp3) is 0.0182. The topological polar surface area (TPSA) is 13.1 Å². The first kappa shape index (κ1) is 34.8. The summed E-state index contributed by atoms with van der Waals surface area (Å²) in [4.78, 5) is 2.39. The Kier molecular flexibility index (Phi) is 8.89. The molecule has 3 heteroatoms. The minimum Gasteiger partial charge on any atom is -0.310 e. The van der Waals surface area contributed by atoms with Gasteiger partial charge in [-0.3, -0.25) is 0 Å². The van der Waals surface area contributed by atoms with E-state index in [4.69, 9.17) is 0 Å². The standard InChI is InChI=1S/C55H41N3/c1-3-5-23-42(4-2)58-53-32-18-16-30-48(53)51-38-46(56(43-24-11-7-12-25-43)45-28-19-22-40(35-45)39-20-9-6-10-21-39)37-50(55(51)58)41-33-34-49-47-29-15-17-31-52(47)57(54(49)36-41)44-26-13-8-14-27-44/h3-38H,2H2,1H3/b5-3-,42-23+. The summed E-state index contributed by atoms with van der Waals surface area (Å²) >= 11 is 0. The van der Waals surface area contributed by atoms with Crippen LogP contribution in [0.1, 0.15) is 6.92 Å². The van der Waals surface area contributed by atoms with Gasteiger partial charge in [0.1, 0.15) is 0 Å². The van der Waals surface area contributed by atoms with Gasteiger partial charge in [-0.05, 0) is 102 Å². The lowest BCUT2D eigenvalue weighted by atomic mass is 9.98. The maximum Gasteiger partial charge on any atom is 0.0621 e. The van der Waals surface area contributed by atoms with Gasteiger partial charge in [-0.1, -0.05) is 146 Å². The first-order valence-electron chi connectivity index (χ1n) is 19.8. The lowest BCUT2D eigenvalue weighted by Crippen LogP contribution is -2.10. The zero-order valence-corrected chi connectivity index (χ0v) is 32.3. The van der Waals surface area contributed by atoms with Crippen LogP contribution in [0.15, 0.2) is 225 Å². The van der Waals surface area contributed by atoms with Crippen molar-refractivity contribution in [2.24, 2.45) is 0 Å². The molecule has 10 aromatic rings. The molecule has 0 spiro atoms. The Morgan fingerprint density at radius 3 is 1.84 bits per heavy atom. The van der Waals surface area contributed by atoms with Crippen LogP contribution >= 0.6 is 0 Å². The summed E-state index contributed by atoms with van der Waals surface area (Å²) in [6, 6.07) is 70.1. The summed E-state index contributed by atoms with van der Waals surface area (Å²) in [5.41, 5.74) is 14.6. The van der Waals surface area contributed by atoms with Crippen molar-refractivity contribution in [1.82, 2.24) is 9.13 Å². The van der Waals surface area contributed by atoms with E-state index in [9.17, 15) is 0 Å². The third kappa shape index (κ3) is 5.93. The third-order valence-corrected chi connectivity index (χ3v) is 11.2. The average Bonchev–Trinajstić information content (AvgIpc) is 3.80. The third-order valence-electron chi connectivity index (χ3n) is 11.2. The van der Waals surface area contributed by atoms with E-state index in [0.29, 0.717) is 0 Å². The molecule has 0 aliphatic carbocycles. The van der Waals surface area contributed by atoms with E-state index in [-0.39, 0.29) is 0 Å². The number of hydrogen-bond acceptors (Lipinski definition) is 1. The van der Waals surface area contributed by atoms with Crippen LogP contribution in [0.5, 0.6) is 0 Å². The molecule has 0 N–H and O–H groups in total. The highest BCUT2D eigenvalue weighted by Crippen LogP contribution is 2.46. The molecule has 2 heterocycles. The molecule has 0 aliphatic heterocycles. The Bertz CT molecular complexity index is 3180. The molecule has 8 aromatic carbocycles. The average molecular weight is 744 g/mol. The van der Waals surface area contributed by atoms with E-state index < -0.39 is 0 Å². The van der Waals surface area contributed by atoms with Gasteiger partial charge in [-0.15, -0.1) is 0 Å². The van der Waals surface area contributed by atoms with Gasteiger partial charge in [-0.2, -0.15) is 0 Å². The molecule has 0 radical (unpaired) electrons. The normalized spacial score (nSPS) is 12.0. The Labute approximate surface area is 339 Å². The second-order valence-corrected chi connectivity index (χ2v) is 14.6. The molecule has 2 aromatic heterocycles. The molecule has 0 amide bonds. The molecular weight excluding hydrogens is 703 g/mol. The monoisotopic (exact) mass is 743 g/mol. The summed E-state index contributed by atoms with van der Waals surface area (Å²) in [7, 11) is 0. The second-order valence-electron chi connectivity index (χ2n) is 14.6. The van der Waals surface area contributed by atoms with Crippen LogP contribution in [0, 0.1) is 0 Å². The number of aromatic nitrogens is 2. The minimum atomic E-state index is 1.01. The molecule has 0 saturated heterocycles. The molecule has 276 valence electrons. The first-order valence-corrected chi connectivity index (χ1v) is 19.8. The Morgan fingerprint density at radius 2 is 1.10 bits per heavy atom. The predicted octanol–water partition coefficient (Wildman–Crippen LogP) is 15.3. The largest absolute Gasteiger partial charge is 0.310 e. The van der Waals surface area contributed by atoms with Crippen molar-refractivity contribution in [2.45, 2.75) is 6.92 Å². The number of anilines is 3. The highest BCUT2D eigenvalue weighted by atomic mass is 15.1. The van der Waals surface area contributed by atoms with Crippen LogP contribution in [0.25, 0.3) is 77.2 Å². The van der Waals surface area contributed by atoms with Crippen molar-refractivity contribution in [3.05, 3.63) is 225 Å². The molecule has 0 aliphatic rings. The van der Waals surface area contributed by atoms with Gasteiger partial charge >= 0.3 is 0 Å². The quantitative estimate of drug-likeness (QED) is 0.134. The summed E-state index contributed by atoms with van der Waals surface area (Å²) in [5.74, 6) is 0. The van der Waals surface area contributed by atoms with Crippen molar-refractivity contribution >= 4 is 66.4 Å². The number of fused-ring (bicyclic) bond motifs is 6. The first-order chi connectivity index (χ1) is 28.7. The van der Waals surface area contributed by atoms with E-state index in [1.54, 1.807) is 0 Å². The summed E-state index contributed by atoms with van der Waals surface area (Å²) in [6.07, 6.45) is 8.27. The molecule has 0 saturated carbocycles. The van der Waals surface area contributed by atoms with E-state index in [0.717, 1.165) is 56.1 Å². The van der Waals surface area contributed by atoms with Crippen LogP contribution in [0.3, 0.4) is 0 Å². The van der Waals surface area contributed by atoms with Crippen LogP contribution in [-0.2, 0) is 0 Å². The Morgan fingerprint density at radius 1 is 0.483 bits per heavy atom. The molecule has 0 atom stereocenters. The van der Waals surface area contributed by atoms with Crippen molar-refractivity contribution in [2.75, 3.05) is 4.90 Å². The smallest absolute Gasteiger partial charge is 0.0621 e. The molecule has 58 heavy (non-hydrogen) atoms. The molecule has 0 bridgehead atoms. The lowest BCUT2D eigenvalue weighted by molar-refractivity contribution is 1.18. The predicted molar refractivity (Wildman–Crippen MR) is 249 cm³/mol.